The van der Waals surface area contributed by atoms with Crippen molar-refractivity contribution < 1.29 is 91.7 Å². The first-order chi connectivity index (χ1) is 14.3. The van der Waals surface area contributed by atoms with Gasteiger partial charge in [-0.1, -0.05) is 36.4 Å². The zero-order chi connectivity index (χ0) is 23.0. The molecular weight excluding hydrogens is 526 g/mol. The van der Waals surface area contributed by atoms with Crippen LogP contribution in [-0.2, 0) is 30.4 Å². The molecule has 3 aromatic rings. The number of rotatable bonds is 6. The fourth-order valence-electron chi connectivity index (χ4n) is 2.75. The Labute approximate surface area is 230 Å². The molecule has 3 aromatic carbocycles. The van der Waals surface area contributed by atoms with Gasteiger partial charge in [0.15, 0.2) is 0 Å². The third-order valence-electron chi connectivity index (χ3n) is 4.18. The van der Waals surface area contributed by atoms with Crippen LogP contribution in [0.2, 0.25) is 0 Å². The van der Waals surface area contributed by atoms with Crippen LogP contribution in [-0.4, -0.2) is 38.9 Å². The molecule has 0 unspecified atom stereocenters. The van der Waals surface area contributed by atoms with Crippen LogP contribution in [0.3, 0.4) is 0 Å². The fourth-order valence-corrected chi connectivity index (χ4v) is 6.42. The van der Waals surface area contributed by atoms with Gasteiger partial charge in [0.2, 0.25) is 0 Å². The van der Waals surface area contributed by atoms with E-state index in [1.165, 1.54) is 72.8 Å². The average Bonchev–Trinajstić information content (AvgIpc) is 2.67. The number of hydrogen-bond acceptors (Lipinski definition) is 6. The minimum absolute atomic E-state index is 0. The molecule has 3 rings (SSSR count). The summed E-state index contributed by atoms with van der Waals surface area (Å²) in [5, 5.41) is 1.84. The second-order valence-corrected chi connectivity index (χ2v) is 12.7. The van der Waals surface area contributed by atoms with Gasteiger partial charge in [0, 0.05) is 0 Å². The average molecular weight is 543 g/mol. The van der Waals surface area contributed by atoms with Crippen LogP contribution in [0.4, 0.5) is 0 Å². The Morgan fingerprint density at radius 1 is 0.469 bits per heavy atom. The summed E-state index contributed by atoms with van der Waals surface area (Å²) in [7, 11) is -14.6. The predicted octanol–water partition coefficient (Wildman–Crippen LogP) is -1.70. The molecule has 3 N–H and O–H groups in total. The van der Waals surface area contributed by atoms with Crippen molar-refractivity contribution >= 4 is 54.2 Å². The summed E-state index contributed by atoms with van der Waals surface area (Å²) in [6.45, 7) is 0. The molecule has 0 bridgehead atoms. The normalized spacial score (nSPS) is 12.4. The monoisotopic (exact) mass is 542 g/mol. The van der Waals surface area contributed by atoms with Crippen LogP contribution in [0.1, 0.15) is 1.43 Å². The minimum atomic E-state index is -4.40. The fraction of sp³-hybridized carbons (Fsp3) is 0. The predicted molar refractivity (Wildman–Crippen MR) is 116 cm³/mol. The van der Waals surface area contributed by atoms with E-state index in [2.05, 4.69) is 0 Å². The number of hydrogen-bond donors (Lipinski definition) is 3. The molecule has 0 spiro atoms. The van der Waals surface area contributed by atoms with Gasteiger partial charge < -0.3 is 1.43 Å². The van der Waals surface area contributed by atoms with Gasteiger partial charge in [-0.05, 0) is 60.2 Å². The van der Waals surface area contributed by atoms with Crippen LogP contribution in [0.15, 0.2) is 87.5 Å². The summed E-state index contributed by atoms with van der Waals surface area (Å²) in [4.78, 5) is -0.932. The van der Waals surface area contributed by atoms with Crippen LogP contribution in [0.25, 0.3) is 0 Å². The van der Waals surface area contributed by atoms with E-state index in [9.17, 15) is 38.9 Å². The molecule has 0 radical (unpaired) electrons. The molecule has 9 nitrogen and oxygen atoms in total. The van der Waals surface area contributed by atoms with Crippen molar-refractivity contribution in [2.45, 2.75) is 14.7 Å². The Kier molecular flexibility index (Phi) is 8.99. The van der Waals surface area contributed by atoms with Crippen LogP contribution in [0, 0.1) is 0 Å². The quantitative estimate of drug-likeness (QED) is 0.187. The third-order valence-corrected chi connectivity index (χ3v) is 9.23. The second kappa shape index (κ2) is 10.4. The van der Waals surface area contributed by atoms with E-state index < -0.39 is 38.3 Å². The molecule has 0 atom stereocenters. The van der Waals surface area contributed by atoms with E-state index in [1.807, 2.05) is 0 Å². The zero-order valence-electron chi connectivity index (χ0n) is 17.4. The Bertz CT molecular complexity index is 1250. The van der Waals surface area contributed by atoms with Crippen LogP contribution in [0.5, 0.6) is 0 Å². The molecule has 14 heteroatoms. The van der Waals surface area contributed by atoms with E-state index in [0.29, 0.717) is 15.9 Å². The van der Waals surface area contributed by atoms with Crippen molar-refractivity contribution in [2.75, 3.05) is 0 Å². The maximum atomic E-state index is 11.3. The first-order valence-corrected chi connectivity index (χ1v) is 14.0. The molecule has 0 aliphatic heterocycles. The molecule has 0 aliphatic rings. The van der Waals surface area contributed by atoms with Crippen molar-refractivity contribution in [3.63, 3.8) is 0 Å². The molecule has 0 aliphatic carbocycles. The molecule has 0 saturated heterocycles. The SMILES string of the molecule is O=S(=O)(O)c1ccc(P(c2ccc(S(=O)(=O)O)cc2)c2ccc(S(=O)(=O)O)cc2)cc1.[H-].[K+]. The van der Waals surface area contributed by atoms with Gasteiger partial charge in [-0.15, -0.1) is 0 Å². The van der Waals surface area contributed by atoms with Crippen molar-refractivity contribution in [3.8, 4) is 0 Å². The van der Waals surface area contributed by atoms with Gasteiger partial charge >= 0.3 is 51.4 Å². The molecular formula is C18H16KO9PS3. The van der Waals surface area contributed by atoms with Crippen molar-refractivity contribution in [1.29, 1.82) is 0 Å². The van der Waals surface area contributed by atoms with Gasteiger partial charge in [-0.3, -0.25) is 13.7 Å². The molecule has 166 valence electrons. The summed E-state index contributed by atoms with van der Waals surface area (Å²) < 4.78 is 95.4. The van der Waals surface area contributed by atoms with E-state index in [1.54, 1.807) is 0 Å². The summed E-state index contributed by atoms with van der Waals surface area (Å²) in [5.74, 6) is 0. The Balaban J connectivity index is 0.00000272. The van der Waals surface area contributed by atoms with Gasteiger partial charge in [0.25, 0.3) is 30.4 Å². The molecule has 0 amide bonds. The number of benzene rings is 3. The van der Waals surface area contributed by atoms with Crippen LogP contribution < -0.4 is 67.3 Å². The largest absolute Gasteiger partial charge is 1.00 e. The van der Waals surface area contributed by atoms with Gasteiger partial charge in [-0.25, -0.2) is 0 Å². The molecule has 0 fully saturated rings. The topological polar surface area (TPSA) is 163 Å². The summed E-state index contributed by atoms with van der Waals surface area (Å²) >= 11 is 0. The van der Waals surface area contributed by atoms with Gasteiger partial charge in [0.05, 0.1) is 14.7 Å². The Hall–Kier alpha value is -0.544. The summed E-state index contributed by atoms with van der Waals surface area (Å²) in [6, 6.07) is 16.1. The van der Waals surface area contributed by atoms with Crippen molar-refractivity contribution in [3.05, 3.63) is 72.8 Å². The minimum Gasteiger partial charge on any atom is -1.00 e. The third kappa shape index (κ3) is 6.75. The molecule has 0 heterocycles. The van der Waals surface area contributed by atoms with E-state index in [0.717, 1.165) is 0 Å². The van der Waals surface area contributed by atoms with Crippen molar-refractivity contribution in [2.24, 2.45) is 0 Å². The van der Waals surface area contributed by atoms with Crippen molar-refractivity contribution in [1.82, 2.24) is 0 Å². The Morgan fingerprint density at radius 2 is 0.656 bits per heavy atom. The maximum Gasteiger partial charge on any atom is 1.00 e. The molecule has 0 aromatic heterocycles. The van der Waals surface area contributed by atoms with E-state index in [-0.39, 0.29) is 67.5 Å². The second-order valence-electron chi connectivity index (χ2n) is 6.24. The summed E-state index contributed by atoms with van der Waals surface area (Å²) in [5.41, 5.74) is 0. The van der Waals surface area contributed by atoms with E-state index >= 15 is 0 Å². The molecule has 32 heavy (non-hydrogen) atoms. The zero-order valence-corrected chi connectivity index (χ0v) is 22.9. The van der Waals surface area contributed by atoms with Gasteiger partial charge in [0.1, 0.15) is 0 Å². The summed E-state index contributed by atoms with van der Waals surface area (Å²) in [6.07, 6.45) is 0. The Morgan fingerprint density at radius 3 is 0.812 bits per heavy atom. The van der Waals surface area contributed by atoms with Gasteiger partial charge in [-0.2, -0.15) is 25.3 Å². The first kappa shape index (κ1) is 27.7. The van der Waals surface area contributed by atoms with E-state index in [4.69, 9.17) is 0 Å². The first-order valence-electron chi connectivity index (χ1n) is 8.30. The van der Waals surface area contributed by atoms with Crippen LogP contribution >= 0.6 is 7.92 Å². The smallest absolute Gasteiger partial charge is 1.00 e. The molecule has 0 saturated carbocycles. The maximum absolute atomic E-state index is 11.3. The standard InChI is InChI=1S/C18H15O9PS3.K.H/c19-29(20,21)16-7-1-13(2-8-16)28(14-3-9-17(10-4-14)30(22,23)24)15-5-11-18(12-6-15)31(25,26)27;;/h1-12H,(H,19,20,21)(H,22,23,24)(H,25,26,27);;/q;+1;-1.